The summed E-state index contributed by atoms with van der Waals surface area (Å²) in [6.07, 6.45) is -4.58. The minimum absolute atomic E-state index is 0.0654. The standard InChI is InChI=1S/C18H24ClF3N4O2/c1-12(17(28)24(2)3)26-8-6-25(7-9-26)11-16(27)23-13-4-5-15(19)14(10-13)18(20,21)22/h4-5,10,12H,6-9,11H2,1-3H3,(H,23,27)/p+2/t12-/m1/s1. The van der Waals surface area contributed by atoms with Gasteiger partial charge >= 0.3 is 6.18 Å². The van der Waals surface area contributed by atoms with Crippen LogP contribution in [0.15, 0.2) is 18.2 Å². The molecule has 0 aliphatic carbocycles. The highest BCUT2D eigenvalue weighted by atomic mass is 35.5. The second kappa shape index (κ2) is 9.11. The number of benzene rings is 1. The van der Waals surface area contributed by atoms with Crippen LogP contribution in [-0.4, -0.2) is 69.6 Å². The van der Waals surface area contributed by atoms with Gasteiger partial charge in [0, 0.05) is 19.8 Å². The Bertz CT molecular complexity index is 719. The van der Waals surface area contributed by atoms with Gasteiger partial charge in [-0.1, -0.05) is 11.6 Å². The number of amides is 2. The van der Waals surface area contributed by atoms with Crippen LogP contribution < -0.4 is 15.1 Å². The Balaban J connectivity index is 1.88. The van der Waals surface area contributed by atoms with E-state index in [-0.39, 0.29) is 30.1 Å². The molecular formula is C18H26ClF3N4O2+2. The maximum Gasteiger partial charge on any atom is 0.417 e. The van der Waals surface area contributed by atoms with Crippen molar-refractivity contribution in [3.8, 4) is 0 Å². The number of hydrogen-bond acceptors (Lipinski definition) is 2. The molecular weight excluding hydrogens is 397 g/mol. The zero-order chi connectivity index (χ0) is 21.1. The van der Waals surface area contributed by atoms with E-state index < -0.39 is 16.8 Å². The van der Waals surface area contributed by atoms with Crippen molar-refractivity contribution in [3.63, 3.8) is 0 Å². The number of rotatable bonds is 5. The molecule has 1 aromatic carbocycles. The third-order valence-electron chi connectivity index (χ3n) is 4.99. The molecule has 1 aliphatic heterocycles. The summed E-state index contributed by atoms with van der Waals surface area (Å²) >= 11 is 5.59. The zero-order valence-corrected chi connectivity index (χ0v) is 16.9. The molecule has 1 aliphatic rings. The average molecular weight is 423 g/mol. The van der Waals surface area contributed by atoms with Gasteiger partial charge in [-0.2, -0.15) is 13.2 Å². The molecule has 156 valence electrons. The number of nitrogens with one attached hydrogen (secondary N) is 3. The fourth-order valence-electron chi connectivity index (χ4n) is 3.35. The van der Waals surface area contributed by atoms with Gasteiger partial charge in [-0.15, -0.1) is 0 Å². The van der Waals surface area contributed by atoms with E-state index in [0.717, 1.165) is 30.1 Å². The van der Waals surface area contributed by atoms with Crippen LogP contribution in [0, 0.1) is 0 Å². The molecule has 2 amide bonds. The van der Waals surface area contributed by atoms with Crippen LogP contribution in [0.3, 0.4) is 0 Å². The van der Waals surface area contributed by atoms with Crippen LogP contribution >= 0.6 is 11.6 Å². The van der Waals surface area contributed by atoms with Gasteiger partial charge in [0.25, 0.3) is 11.8 Å². The molecule has 28 heavy (non-hydrogen) atoms. The zero-order valence-electron chi connectivity index (χ0n) is 16.1. The van der Waals surface area contributed by atoms with Gasteiger partial charge in [-0.3, -0.25) is 9.59 Å². The van der Waals surface area contributed by atoms with Crippen LogP contribution in [-0.2, 0) is 15.8 Å². The first-order chi connectivity index (χ1) is 13.0. The summed E-state index contributed by atoms with van der Waals surface area (Å²) in [6, 6.07) is 3.17. The van der Waals surface area contributed by atoms with Gasteiger partial charge in [0.15, 0.2) is 12.6 Å². The third-order valence-corrected chi connectivity index (χ3v) is 5.32. The molecule has 0 radical (unpaired) electrons. The van der Waals surface area contributed by atoms with Crippen LogP contribution in [0.1, 0.15) is 12.5 Å². The summed E-state index contributed by atoms with van der Waals surface area (Å²) < 4.78 is 38.8. The Labute approximate surface area is 167 Å². The van der Waals surface area contributed by atoms with Crippen molar-refractivity contribution in [2.24, 2.45) is 0 Å². The molecule has 0 bridgehead atoms. The first-order valence-electron chi connectivity index (χ1n) is 9.05. The lowest BCUT2D eigenvalue weighted by Crippen LogP contribution is -3.30. The molecule has 3 N–H and O–H groups in total. The van der Waals surface area contributed by atoms with E-state index in [1.54, 1.807) is 19.0 Å². The van der Waals surface area contributed by atoms with E-state index in [0.29, 0.717) is 13.1 Å². The van der Waals surface area contributed by atoms with Crippen LogP contribution in [0.4, 0.5) is 18.9 Å². The predicted molar refractivity (Wildman–Crippen MR) is 99.5 cm³/mol. The van der Waals surface area contributed by atoms with Gasteiger partial charge in [0.2, 0.25) is 0 Å². The summed E-state index contributed by atoms with van der Waals surface area (Å²) in [6.45, 7) is 4.98. The maximum atomic E-state index is 12.9. The number of halogens is 4. The second-order valence-electron chi connectivity index (χ2n) is 7.28. The molecule has 2 rings (SSSR count). The number of likely N-dealkylation sites (N-methyl/N-ethyl adjacent to an activating group) is 1. The van der Waals surface area contributed by atoms with Crippen molar-refractivity contribution in [2.45, 2.75) is 19.1 Å². The smallest absolute Gasteiger partial charge is 0.344 e. The molecule has 0 unspecified atom stereocenters. The number of alkyl halides is 3. The average Bonchev–Trinajstić information content (AvgIpc) is 2.61. The molecule has 6 nitrogen and oxygen atoms in total. The SMILES string of the molecule is C[C@H](C(=O)N(C)C)[NH+]1CC[NH+](CC(=O)Nc2ccc(Cl)c(C(F)(F)F)c2)CC1. The monoisotopic (exact) mass is 422 g/mol. The van der Waals surface area contributed by atoms with Gasteiger partial charge < -0.3 is 20.0 Å². The lowest BCUT2D eigenvalue weighted by Gasteiger charge is -2.33. The van der Waals surface area contributed by atoms with Gasteiger partial charge in [0.05, 0.1) is 10.6 Å². The van der Waals surface area contributed by atoms with Crippen molar-refractivity contribution < 1.29 is 32.6 Å². The van der Waals surface area contributed by atoms with Crippen LogP contribution in [0.25, 0.3) is 0 Å². The normalized spacial score (nSPS) is 21.1. The van der Waals surface area contributed by atoms with Crippen molar-refractivity contribution in [1.29, 1.82) is 0 Å². The molecule has 1 fully saturated rings. The van der Waals surface area contributed by atoms with Gasteiger partial charge in [-0.05, 0) is 25.1 Å². The lowest BCUT2D eigenvalue weighted by atomic mass is 10.2. The molecule has 0 aromatic heterocycles. The summed E-state index contributed by atoms with van der Waals surface area (Å²) in [7, 11) is 3.45. The largest absolute Gasteiger partial charge is 0.417 e. The molecule has 1 aromatic rings. The van der Waals surface area contributed by atoms with E-state index >= 15 is 0 Å². The fourth-order valence-corrected chi connectivity index (χ4v) is 3.57. The van der Waals surface area contributed by atoms with E-state index in [4.69, 9.17) is 11.6 Å². The quantitative estimate of drug-likeness (QED) is 0.602. The number of hydrogen-bond donors (Lipinski definition) is 3. The summed E-state index contributed by atoms with van der Waals surface area (Å²) in [5.74, 6) is -0.286. The van der Waals surface area contributed by atoms with Crippen molar-refractivity contribution in [2.75, 3.05) is 52.1 Å². The Morgan fingerprint density at radius 1 is 1.21 bits per heavy atom. The number of quaternary nitrogens is 2. The van der Waals surface area contributed by atoms with Gasteiger partial charge in [-0.25, -0.2) is 0 Å². The highest BCUT2D eigenvalue weighted by Crippen LogP contribution is 2.36. The third kappa shape index (κ3) is 5.83. The van der Waals surface area contributed by atoms with Crippen molar-refractivity contribution in [1.82, 2.24) is 4.90 Å². The lowest BCUT2D eigenvalue weighted by molar-refractivity contribution is -1.01. The number of anilines is 1. The first kappa shape index (κ1) is 22.4. The van der Waals surface area contributed by atoms with E-state index in [9.17, 15) is 22.8 Å². The number of piperazine rings is 1. The van der Waals surface area contributed by atoms with E-state index in [1.165, 1.54) is 11.0 Å². The maximum absolute atomic E-state index is 12.9. The first-order valence-corrected chi connectivity index (χ1v) is 9.42. The highest BCUT2D eigenvalue weighted by molar-refractivity contribution is 6.31. The Hall–Kier alpha value is -1.84. The molecule has 1 atom stereocenters. The Morgan fingerprint density at radius 2 is 1.82 bits per heavy atom. The fraction of sp³-hybridized carbons (Fsp3) is 0.556. The van der Waals surface area contributed by atoms with Gasteiger partial charge in [0.1, 0.15) is 26.2 Å². The Morgan fingerprint density at radius 3 is 2.36 bits per heavy atom. The van der Waals surface area contributed by atoms with Crippen molar-refractivity contribution in [3.05, 3.63) is 28.8 Å². The van der Waals surface area contributed by atoms with Crippen LogP contribution in [0.5, 0.6) is 0 Å². The number of carbonyl (C=O) groups excluding carboxylic acids is 2. The minimum atomic E-state index is -4.58. The molecule has 0 spiro atoms. The summed E-state index contributed by atoms with van der Waals surface area (Å²) in [4.78, 5) is 28.1. The molecule has 10 heteroatoms. The number of nitrogens with zero attached hydrogens (tertiary/aromatic N) is 1. The highest BCUT2D eigenvalue weighted by Gasteiger charge is 2.34. The van der Waals surface area contributed by atoms with E-state index in [1.807, 2.05) is 6.92 Å². The van der Waals surface area contributed by atoms with Crippen LogP contribution in [0.2, 0.25) is 5.02 Å². The van der Waals surface area contributed by atoms with E-state index in [2.05, 4.69) is 5.32 Å². The Kier molecular flexibility index (Phi) is 7.30. The number of carbonyl (C=O) groups is 2. The second-order valence-corrected chi connectivity index (χ2v) is 7.69. The summed E-state index contributed by atoms with van der Waals surface area (Å²) in [5.41, 5.74) is -0.910. The molecule has 1 heterocycles. The minimum Gasteiger partial charge on any atom is -0.344 e. The topological polar surface area (TPSA) is 58.3 Å². The van der Waals surface area contributed by atoms with Crippen molar-refractivity contribution >= 4 is 29.1 Å². The summed E-state index contributed by atoms with van der Waals surface area (Å²) in [5, 5.41) is 2.10. The molecule has 1 saturated heterocycles. The predicted octanol–water partition coefficient (Wildman–Crippen LogP) is -0.443. The molecule has 0 saturated carbocycles.